The summed E-state index contributed by atoms with van der Waals surface area (Å²) in [7, 11) is 63.5. The molecule has 5 nitrogen and oxygen atoms in total. The Kier molecular flexibility index (Phi) is 8.00. The van der Waals surface area contributed by atoms with Crippen LogP contribution in [0.1, 0.15) is 0 Å². The Morgan fingerprint density at radius 2 is 0.741 bits per heavy atom. The van der Waals surface area contributed by atoms with Gasteiger partial charge >= 0.3 is 0 Å². The van der Waals surface area contributed by atoms with Gasteiger partial charge in [0.25, 0.3) is 0 Å². The Balaban J connectivity index is 1.39. The van der Waals surface area contributed by atoms with Crippen molar-refractivity contribution in [1.29, 1.82) is 0 Å². The summed E-state index contributed by atoms with van der Waals surface area (Å²) in [5.41, 5.74) is 5.34. The van der Waals surface area contributed by atoms with Crippen LogP contribution in [0, 0.1) is 0 Å². The van der Waals surface area contributed by atoms with Gasteiger partial charge in [-0.15, -0.1) is 32.8 Å². The van der Waals surface area contributed by atoms with E-state index in [0.717, 1.165) is 38.5 Å². The maximum absolute atomic E-state index is 6.53. The minimum Gasteiger partial charge on any atom is -0.456 e. The predicted molar refractivity (Wildman–Crippen MR) is 230 cm³/mol. The van der Waals surface area contributed by atoms with Crippen LogP contribution in [0.5, 0.6) is 0 Å². The molecule has 0 saturated carbocycles. The van der Waals surface area contributed by atoms with Gasteiger partial charge in [-0.05, 0) is 23.8 Å². The molecule has 226 valence electrons. The van der Waals surface area contributed by atoms with Crippen molar-refractivity contribution in [2.24, 2.45) is 0 Å². The SMILES string of the molecule is [B]c1c([B])c([B])c(-c2nc(-c3c([B])c([B])c([B])c([B])c3[B])nc(-c3cccc4oc5cccc(-c6cccc7c6oc6ccccc67)c5c34)n2)c([B])c1[B]. The molecule has 0 aliphatic carbocycles. The van der Waals surface area contributed by atoms with Gasteiger partial charge in [0.15, 0.2) is 17.5 Å². The Hall–Kier alpha value is -5.42. The van der Waals surface area contributed by atoms with E-state index in [1.54, 1.807) is 0 Å². The van der Waals surface area contributed by atoms with Crippen molar-refractivity contribution in [1.82, 2.24) is 15.0 Å². The molecule has 0 aliphatic heterocycles. The van der Waals surface area contributed by atoms with Crippen molar-refractivity contribution >= 4 is 177 Å². The zero-order valence-corrected chi connectivity index (χ0v) is 28.4. The first kappa shape index (κ1) is 34.4. The van der Waals surface area contributed by atoms with Crippen LogP contribution in [0.3, 0.4) is 0 Å². The lowest BCUT2D eigenvalue weighted by atomic mass is 9.60. The second-order valence-corrected chi connectivity index (χ2v) is 12.9. The fourth-order valence-corrected chi connectivity index (χ4v) is 7.14. The van der Waals surface area contributed by atoms with Crippen molar-refractivity contribution in [3.8, 4) is 45.3 Å². The van der Waals surface area contributed by atoms with E-state index in [2.05, 4.69) is 0 Å². The summed E-state index contributed by atoms with van der Waals surface area (Å²) >= 11 is 0. The second kappa shape index (κ2) is 12.6. The maximum Gasteiger partial charge on any atom is 0.164 e. The average Bonchev–Trinajstić information content (AvgIpc) is 3.77. The molecular weight excluding hydrogens is 651 g/mol. The molecule has 3 aromatic heterocycles. The van der Waals surface area contributed by atoms with Gasteiger partial charge in [-0.25, -0.2) is 15.0 Å². The highest BCUT2D eigenvalue weighted by molar-refractivity contribution is 6.70. The Bertz CT molecular complexity index is 2940. The third-order valence-electron chi connectivity index (χ3n) is 9.94. The van der Waals surface area contributed by atoms with E-state index < -0.39 is 0 Å². The highest BCUT2D eigenvalue weighted by Crippen LogP contribution is 2.44. The highest BCUT2D eigenvalue weighted by atomic mass is 16.3. The van der Waals surface area contributed by atoms with Crippen molar-refractivity contribution in [3.05, 3.63) is 78.9 Å². The molecule has 3 heterocycles. The lowest BCUT2D eigenvalue weighted by Gasteiger charge is -2.22. The summed E-state index contributed by atoms with van der Waals surface area (Å²) < 4.78 is 12.9. The quantitative estimate of drug-likeness (QED) is 0.210. The molecule has 20 radical (unpaired) electrons. The van der Waals surface area contributed by atoms with E-state index in [0.29, 0.717) is 22.1 Å². The van der Waals surface area contributed by atoms with Gasteiger partial charge in [0, 0.05) is 43.8 Å². The lowest BCUT2D eigenvalue weighted by Crippen LogP contribution is -2.55. The van der Waals surface area contributed by atoms with Crippen LogP contribution in [-0.4, -0.2) is 93.4 Å². The number of benzene rings is 6. The molecule has 15 heteroatoms. The number of furan rings is 2. The fraction of sp³-hybridized carbons (Fsp3) is 0. The van der Waals surface area contributed by atoms with Crippen LogP contribution in [0.4, 0.5) is 0 Å². The van der Waals surface area contributed by atoms with Crippen molar-refractivity contribution in [2.75, 3.05) is 0 Å². The molecule has 9 rings (SSSR count). The van der Waals surface area contributed by atoms with Crippen LogP contribution in [0.25, 0.3) is 89.2 Å². The van der Waals surface area contributed by atoms with Gasteiger partial charge in [-0.2, -0.15) is 0 Å². The monoisotopic (exact) mass is 665 g/mol. The zero-order valence-electron chi connectivity index (χ0n) is 28.4. The van der Waals surface area contributed by atoms with Gasteiger partial charge in [-0.3, -0.25) is 0 Å². The topological polar surface area (TPSA) is 65.0 Å². The number of nitrogens with zero attached hydrogens (tertiary/aromatic N) is 3. The summed E-state index contributed by atoms with van der Waals surface area (Å²) in [4.78, 5) is 14.6. The minimum absolute atomic E-state index is 0.00626. The van der Waals surface area contributed by atoms with E-state index in [-0.39, 0.29) is 83.2 Å². The minimum atomic E-state index is -0.00626. The number of para-hydroxylation sites is 2. The molecule has 6 aromatic carbocycles. The molecule has 0 N–H and O–H groups in total. The molecule has 0 saturated heterocycles. The summed E-state index contributed by atoms with van der Waals surface area (Å²) in [5, 5.41) is 3.48. The molecule has 0 atom stereocenters. The van der Waals surface area contributed by atoms with Gasteiger partial charge < -0.3 is 8.83 Å². The number of hydrogen-bond acceptors (Lipinski definition) is 5. The smallest absolute Gasteiger partial charge is 0.164 e. The molecule has 0 unspecified atom stereocenters. The van der Waals surface area contributed by atoms with Crippen LogP contribution in [0.15, 0.2) is 87.7 Å². The summed E-state index contributed by atoms with van der Waals surface area (Å²) in [6, 6.07) is 25.4. The van der Waals surface area contributed by atoms with Crippen molar-refractivity contribution in [3.63, 3.8) is 0 Å². The van der Waals surface area contributed by atoms with E-state index in [1.807, 2.05) is 78.9 Å². The molecule has 54 heavy (non-hydrogen) atoms. The number of aromatic nitrogens is 3. The van der Waals surface area contributed by atoms with Crippen LogP contribution in [0.2, 0.25) is 0 Å². The van der Waals surface area contributed by atoms with Gasteiger partial charge in [0.2, 0.25) is 0 Å². The number of fused-ring (bicyclic) bond motifs is 6. The van der Waals surface area contributed by atoms with E-state index in [1.165, 1.54) is 0 Å². The first-order chi connectivity index (χ1) is 26.0. The molecule has 0 bridgehead atoms. The first-order valence-electron chi connectivity index (χ1n) is 16.6. The van der Waals surface area contributed by atoms with Gasteiger partial charge in [0.05, 0.1) is 0 Å². The van der Waals surface area contributed by atoms with Crippen LogP contribution in [-0.2, 0) is 0 Å². The van der Waals surface area contributed by atoms with E-state index >= 15 is 0 Å². The fourth-order valence-electron chi connectivity index (χ4n) is 7.14. The Labute approximate surface area is 323 Å². The molecular formula is C39H13B10N3O2. The van der Waals surface area contributed by atoms with Crippen molar-refractivity contribution < 1.29 is 8.83 Å². The molecule has 0 aliphatic rings. The molecule has 9 aromatic rings. The standard InChI is InChI=1S/C39H13B10N3O2/c40-26-24(27(41)31(45)34(48)30(26)44)38-50-37(51-39(52-38)25-28(42)32(46)35(49)33(47)29(25)43)18-10-5-13-21-23(18)22-15(7-4-12-20(22)53-21)17-9-3-8-16-14-6-1-2-11-19(14)54-36(16)17/h1-13H. The van der Waals surface area contributed by atoms with E-state index in [9.17, 15) is 0 Å². The van der Waals surface area contributed by atoms with Crippen LogP contribution >= 0.6 is 0 Å². The summed E-state index contributed by atoms with van der Waals surface area (Å²) in [6.07, 6.45) is 0. The van der Waals surface area contributed by atoms with Crippen LogP contribution < -0.4 is 54.6 Å². The van der Waals surface area contributed by atoms with E-state index in [4.69, 9.17) is 102 Å². The molecule has 0 spiro atoms. The zero-order chi connectivity index (χ0) is 37.7. The lowest BCUT2D eigenvalue weighted by molar-refractivity contribution is 0.668. The predicted octanol–water partition coefficient (Wildman–Crippen LogP) is -1.72. The number of rotatable bonds is 4. The average molecular weight is 664 g/mol. The highest BCUT2D eigenvalue weighted by Gasteiger charge is 2.24. The third-order valence-corrected chi connectivity index (χ3v) is 9.94. The second-order valence-electron chi connectivity index (χ2n) is 12.9. The normalized spacial score (nSPS) is 11.7. The maximum atomic E-state index is 6.53. The first-order valence-corrected chi connectivity index (χ1v) is 16.6. The number of hydrogen-bond donors (Lipinski definition) is 0. The summed E-state index contributed by atoms with van der Waals surface area (Å²) in [5.74, 6) is 0.155. The Morgan fingerprint density at radius 3 is 1.31 bits per heavy atom. The largest absolute Gasteiger partial charge is 0.456 e. The molecule has 0 fully saturated rings. The molecule has 0 amide bonds. The summed E-state index contributed by atoms with van der Waals surface area (Å²) in [6.45, 7) is 0. The third kappa shape index (κ3) is 4.97. The Morgan fingerprint density at radius 1 is 0.333 bits per heavy atom. The van der Waals surface area contributed by atoms with Gasteiger partial charge in [0.1, 0.15) is 101 Å². The van der Waals surface area contributed by atoms with Gasteiger partial charge in [-0.1, -0.05) is 82.5 Å². The van der Waals surface area contributed by atoms with Crippen molar-refractivity contribution in [2.45, 2.75) is 0 Å².